The van der Waals surface area contributed by atoms with Gasteiger partial charge in [-0.1, -0.05) is 0 Å². The first kappa shape index (κ1) is 19.2. The molecule has 1 fully saturated rings. The van der Waals surface area contributed by atoms with Crippen LogP contribution in [0.2, 0.25) is 0 Å². The lowest BCUT2D eigenvalue weighted by Crippen LogP contribution is -2.57. The summed E-state index contributed by atoms with van der Waals surface area (Å²) >= 11 is 0. The largest absolute Gasteiger partial charge is 0.469 e. The maximum Gasteiger partial charge on any atom is 0.330 e. The molecule has 10 nitrogen and oxygen atoms in total. The summed E-state index contributed by atoms with van der Waals surface area (Å²) in [5.74, 6) is -1.58. The van der Waals surface area contributed by atoms with Crippen molar-refractivity contribution in [1.29, 1.82) is 0 Å². The van der Waals surface area contributed by atoms with Crippen LogP contribution in [0, 0.1) is 0 Å². The Morgan fingerprint density at radius 2 is 2.00 bits per heavy atom. The first-order chi connectivity index (χ1) is 12.3. The minimum atomic E-state index is -0.976. The Morgan fingerprint density at radius 3 is 2.65 bits per heavy atom. The van der Waals surface area contributed by atoms with E-state index < -0.39 is 35.1 Å². The van der Waals surface area contributed by atoms with Crippen molar-refractivity contribution in [2.24, 2.45) is 14.1 Å². The molecular formula is C16H20N4O6. The fourth-order valence-corrected chi connectivity index (χ4v) is 2.63. The molecule has 1 aromatic heterocycles. The summed E-state index contributed by atoms with van der Waals surface area (Å²) in [5, 5.41) is 2.59. The summed E-state index contributed by atoms with van der Waals surface area (Å²) in [6.45, 7) is 0.486. The first-order valence-electron chi connectivity index (χ1n) is 7.86. The van der Waals surface area contributed by atoms with Crippen LogP contribution in [-0.4, -0.2) is 58.1 Å². The summed E-state index contributed by atoms with van der Waals surface area (Å²) in [4.78, 5) is 61.0. The van der Waals surface area contributed by atoms with E-state index in [1.807, 2.05) is 0 Å². The number of rotatable bonds is 4. The van der Waals surface area contributed by atoms with E-state index >= 15 is 0 Å². The smallest absolute Gasteiger partial charge is 0.330 e. The number of carbonyl (C=O) groups excluding carboxylic acids is 3. The van der Waals surface area contributed by atoms with Crippen molar-refractivity contribution in [3.8, 4) is 0 Å². The van der Waals surface area contributed by atoms with E-state index in [1.54, 1.807) is 0 Å². The number of nitrogens with zero attached hydrogens (tertiary/aromatic N) is 3. The van der Waals surface area contributed by atoms with Crippen molar-refractivity contribution in [2.75, 3.05) is 20.2 Å². The van der Waals surface area contributed by atoms with Gasteiger partial charge in [0.2, 0.25) is 11.8 Å². The lowest BCUT2D eigenvalue weighted by Gasteiger charge is -2.33. The molecule has 0 aliphatic carbocycles. The van der Waals surface area contributed by atoms with E-state index in [1.165, 1.54) is 42.9 Å². The molecule has 1 atom stereocenters. The highest BCUT2D eigenvalue weighted by molar-refractivity contribution is 5.97. The van der Waals surface area contributed by atoms with Crippen LogP contribution in [-0.2, 0) is 33.2 Å². The Kier molecular flexibility index (Phi) is 5.75. The Morgan fingerprint density at radius 1 is 1.31 bits per heavy atom. The minimum Gasteiger partial charge on any atom is -0.469 e. The zero-order chi connectivity index (χ0) is 19.4. The van der Waals surface area contributed by atoms with Crippen molar-refractivity contribution in [3.05, 3.63) is 38.7 Å². The second-order valence-corrected chi connectivity index (χ2v) is 5.79. The van der Waals surface area contributed by atoms with Crippen molar-refractivity contribution in [2.45, 2.75) is 12.5 Å². The number of carbonyl (C=O) groups is 3. The van der Waals surface area contributed by atoms with Crippen LogP contribution in [0.1, 0.15) is 12.0 Å². The van der Waals surface area contributed by atoms with Gasteiger partial charge in [-0.2, -0.15) is 0 Å². The number of amides is 2. The van der Waals surface area contributed by atoms with Gasteiger partial charge in [-0.05, 0) is 6.08 Å². The molecule has 1 N–H and O–H groups in total. The van der Waals surface area contributed by atoms with Gasteiger partial charge in [0.15, 0.2) is 0 Å². The highest BCUT2D eigenvalue weighted by Gasteiger charge is 2.34. The van der Waals surface area contributed by atoms with Gasteiger partial charge in [0.25, 0.3) is 5.56 Å². The van der Waals surface area contributed by atoms with Crippen LogP contribution in [0.15, 0.2) is 21.9 Å². The summed E-state index contributed by atoms with van der Waals surface area (Å²) in [6.07, 6.45) is 3.49. The second kappa shape index (κ2) is 7.81. The standard InChI is InChI=1S/C16H20N4O6/c1-18-9-10(15(24)19(2)16(18)25)4-5-12(21)20-7-6-17-14(23)11(20)8-13(22)26-3/h4-5,9,11H,6-8H2,1-3H3,(H,17,23)/b5-4+. The molecule has 2 rings (SSSR count). The maximum absolute atomic E-state index is 12.5. The minimum absolute atomic E-state index is 0.147. The van der Waals surface area contributed by atoms with Crippen molar-refractivity contribution in [3.63, 3.8) is 0 Å². The first-order valence-corrected chi connectivity index (χ1v) is 7.86. The highest BCUT2D eigenvalue weighted by Crippen LogP contribution is 2.11. The molecule has 10 heteroatoms. The monoisotopic (exact) mass is 364 g/mol. The molecule has 0 bridgehead atoms. The molecule has 0 radical (unpaired) electrons. The molecule has 2 amide bonds. The number of hydrogen-bond donors (Lipinski definition) is 1. The molecule has 1 aliphatic heterocycles. The van der Waals surface area contributed by atoms with Crippen LogP contribution >= 0.6 is 0 Å². The second-order valence-electron chi connectivity index (χ2n) is 5.79. The predicted octanol–water partition coefficient (Wildman–Crippen LogP) is -2.01. The third-order valence-electron chi connectivity index (χ3n) is 4.08. The normalized spacial score (nSPS) is 17.3. The Hall–Kier alpha value is -3.17. The number of esters is 1. The van der Waals surface area contributed by atoms with Crippen LogP contribution in [0.5, 0.6) is 0 Å². The molecule has 140 valence electrons. The van der Waals surface area contributed by atoms with Gasteiger partial charge in [0, 0.05) is 39.5 Å². The third-order valence-corrected chi connectivity index (χ3v) is 4.08. The molecule has 2 heterocycles. The van der Waals surface area contributed by atoms with E-state index in [-0.39, 0.29) is 25.1 Å². The fourth-order valence-electron chi connectivity index (χ4n) is 2.63. The fraction of sp³-hybridized carbons (Fsp3) is 0.438. The van der Waals surface area contributed by atoms with Gasteiger partial charge in [0.1, 0.15) is 6.04 Å². The summed E-state index contributed by atoms with van der Waals surface area (Å²) < 4.78 is 6.71. The molecule has 1 saturated heterocycles. The average molecular weight is 364 g/mol. The zero-order valence-corrected chi connectivity index (χ0v) is 14.7. The molecule has 1 aliphatic rings. The number of piperazine rings is 1. The molecule has 26 heavy (non-hydrogen) atoms. The van der Waals surface area contributed by atoms with E-state index in [0.29, 0.717) is 0 Å². The highest BCUT2D eigenvalue weighted by atomic mass is 16.5. The summed E-state index contributed by atoms with van der Waals surface area (Å²) in [5.41, 5.74) is -0.877. The Labute approximate surface area is 148 Å². The topological polar surface area (TPSA) is 120 Å². The number of methoxy groups -OCH3 is 1. The van der Waals surface area contributed by atoms with E-state index in [4.69, 9.17) is 0 Å². The molecule has 1 unspecified atom stereocenters. The van der Waals surface area contributed by atoms with Crippen molar-refractivity contribution < 1.29 is 19.1 Å². The van der Waals surface area contributed by atoms with Gasteiger partial charge in [0.05, 0.1) is 19.1 Å². The Balaban J connectivity index is 2.26. The molecular weight excluding hydrogens is 344 g/mol. The molecule has 0 aromatic carbocycles. The van der Waals surface area contributed by atoms with Crippen molar-refractivity contribution >= 4 is 23.9 Å². The predicted molar refractivity (Wildman–Crippen MR) is 91.1 cm³/mol. The van der Waals surface area contributed by atoms with Crippen LogP contribution in [0.4, 0.5) is 0 Å². The molecule has 0 saturated carbocycles. The summed E-state index contributed by atoms with van der Waals surface area (Å²) in [6, 6.07) is -0.976. The maximum atomic E-state index is 12.5. The number of ether oxygens (including phenoxy) is 1. The third kappa shape index (κ3) is 3.90. The lowest BCUT2D eigenvalue weighted by molar-refractivity contribution is -0.148. The van der Waals surface area contributed by atoms with Gasteiger partial charge in [-0.25, -0.2) is 4.79 Å². The van der Waals surface area contributed by atoms with Crippen molar-refractivity contribution in [1.82, 2.24) is 19.4 Å². The van der Waals surface area contributed by atoms with Gasteiger partial charge < -0.3 is 19.5 Å². The number of aryl methyl sites for hydroxylation is 1. The van der Waals surface area contributed by atoms with Crippen LogP contribution < -0.4 is 16.6 Å². The summed E-state index contributed by atoms with van der Waals surface area (Å²) in [7, 11) is 4.03. The zero-order valence-electron chi connectivity index (χ0n) is 14.7. The average Bonchev–Trinajstić information content (AvgIpc) is 2.63. The van der Waals surface area contributed by atoms with Crippen LogP contribution in [0.25, 0.3) is 6.08 Å². The number of hydrogen-bond acceptors (Lipinski definition) is 6. The lowest BCUT2D eigenvalue weighted by atomic mass is 10.1. The molecule has 0 spiro atoms. The van der Waals surface area contributed by atoms with E-state index in [9.17, 15) is 24.0 Å². The number of aromatic nitrogens is 2. The van der Waals surface area contributed by atoms with E-state index in [0.717, 1.165) is 10.6 Å². The molecule has 1 aromatic rings. The Bertz CT molecular complexity index is 882. The number of nitrogens with one attached hydrogen (secondary N) is 1. The SMILES string of the molecule is COC(=O)CC1C(=O)NCCN1C(=O)/C=C/c1cn(C)c(=O)n(C)c1=O. The quantitative estimate of drug-likeness (QED) is 0.487. The van der Waals surface area contributed by atoms with E-state index in [2.05, 4.69) is 10.1 Å². The van der Waals surface area contributed by atoms with Gasteiger partial charge in [-0.15, -0.1) is 0 Å². The van der Waals surface area contributed by atoms with Crippen LogP contribution in [0.3, 0.4) is 0 Å². The van der Waals surface area contributed by atoms with Gasteiger partial charge in [-0.3, -0.25) is 23.7 Å². The van der Waals surface area contributed by atoms with Gasteiger partial charge >= 0.3 is 11.7 Å².